The topological polar surface area (TPSA) is 84.9 Å². The molecule has 0 unspecified atom stereocenters. The summed E-state index contributed by atoms with van der Waals surface area (Å²) < 4.78 is 10.7. The van der Waals surface area contributed by atoms with E-state index >= 15 is 0 Å². The van der Waals surface area contributed by atoms with Gasteiger partial charge in [0, 0.05) is 0 Å². The molecule has 6 nitrogen and oxygen atoms in total. The normalized spacial score (nSPS) is 10.1. The number of para-hydroxylation sites is 3. The number of aromatic hydroxyl groups is 1. The quantitative estimate of drug-likeness (QED) is 0.647. The van der Waals surface area contributed by atoms with Gasteiger partial charge in [-0.05, 0) is 42.5 Å². The van der Waals surface area contributed by atoms with Crippen molar-refractivity contribution in [1.29, 1.82) is 0 Å². The molecule has 0 fully saturated rings. The van der Waals surface area contributed by atoms with Gasteiger partial charge < -0.3 is 19.9 Å². The van der Waals surface area contributed by atoms with E-state index in [2.05, 4.69) is 5.32 Å². The molecule has 0 bridgehead atoms. The van der Waals surface area contributed by atoms with Crippen LogP contribution in [0.3, 0.4) is 0 Å². The summed E-state index contributed by atoms with van der Waals surface area (Å²) in [6.45, 7) is -0.464. The highest BCUT2D eigenvalue weighted by Gasteiger charge is 2.13. The fourth-order valence-corrected chi connectivity index (χ4v) is 2.31. The Morgan fingerprint density at radius 2 is 1.63 bits per heavy atom. The summed E-state index contributed by atoms with van der Waals surface area (Å²) in [6.07, 6.45) is 0. The molecule has 0 spiro atoms. The lowest BCUT2D eigenvalue weighted by atomic mass is 10.2. The molecule has 3 aromatic carbocycles. The number of hydrogen-bond donors (Lipinski definition) is 2. The summed E-state index contributed by atoms with van der Waals surface area (Å²) in [5.74, 6) is -0.158. The number of phenolic OH excluding ortho intramolecular Hbond substituents is 1. The van der Waals surface area contributed by atoms with Crippen LogP contribution in [0.25, 0.3) is 0 Å². The number of ether oxygens (including phenoxy) is 2. The third-order valence-electron chi connectivity index (χ3n) is 3.55. The van der Waals surface area contributed by atoms with Gasteiger partial charge in [-0.2, -0.15) is 0 Å². The Morgan fingerprint density at radius 1 is 0.889 bits per heavy atom. The van der Waals surface area contributed by atoms with Crippen LogP contribution >= 0.6 is 0 Å². The zero-order chi connectivity index (χ0) is 19.1. The average Bonchev–Trinajstić information content (AvgIpc) is 2.68. The van der Waals surface area contributed by atoms with Gasteiger partial charge in [0.25, 0.3) is 5.91 Å². The highest BCUT2D eigenvalue weighted by Crippen LogP contribution is 2.29. The Bertz CT molecular complexity index is 940. The van der Waals surface area contributed by atoms with Gasteiger partial charge in [-0.3, -0.25) is 4.79 Å². The number of nitrogens with one attached hydrogen (secondary N) is 1. The molecular formula is C21H17NO5. The summed E-state index contributed by atoms with van der Waals surface area (Å²) >= 11 is 0. The zero-order valence-electron chi connectivity index (χ0n) is 14.3. The SMILES string of the molecule is O=C(COC(=O)c1cccc(O)c1)Nc1ccccc1Oc1ccccc1. The number of esters is 1. The molecule has 27 heavy (non-hydrogen) atoms. The molecule has 0 aliphatic rings. The second-order valence-corrected chi connectivity index (χ2v) is 5.59. The van der Waals surface area contributed by atoms with E-state index in [9.17, 15) is 14.7 Å². The summed E-state index contributed by atoms with van der Waals surface area (Å²) in [5.41, 5.74) is 0.621. The number of carbonyl (C=O) groups is 2. The number of rotatable bonds is 6. The molecular weight excluding hydrogens is 346 g/mol. The van der Waals surface area contributed by atoms with Gasteiger partial charge in [-0.1, -0.05) is 36.4 Å². The summed E-state index contributed by atoms with van der Waals surface area (Å²) in [7, 11) is 0. The third-order valence-corrected chi connectivity index (χ3v) is 3.55. The molecule has 0 aliphatic heterocycles. The minimum atomic E-state index is -0.699. The molecule has 0 radical (unpaired) electrons. The monoisotopic (exact) mass is 363 g/mol. The first-order valence-electron chi connectivity index (χ1n) is 8.20. The Kier molecular flexibility index (Phi) is 5.69. The van der Waals surface area contributed by atoms with Crippen molar-refractivity contribution in [2.45, 2.75) is 0 Å². The van der Waals surface area contributed by atoms with E-state index in [-0.39, 0.29) is 11.3 Å². The van der Waals surface area contributed by atoms with Crippen molar-refractivity contribution in [2.24, 2.45) is 0 Å². The van der Waals surface area contributed by atoms with Crippen LogP contribution in [0, 0.1) is 0 Å². The minimum absolute atomic E-state index is 0.0547. The Balaban J connectivity index is 1.60. The van der Waals surface area contributed by atoms with Crippen LogP contribution in [0.4, 0.5) is 5.69 Å². The van der Waals surface area contributed by atoms with E-state index in [0.717, 1.165) is 0 Å². The molecule has 0 aromatic heterocycles. The maximum absolute atomic E-state index is 12.1. The number of benzene rings is 3. The van der Waals surface area contributed by atoms with Gasteiger partial charge in [0.15, 0.2) is 12.4 Å². The smallest absolute Gasteiger partial charge is 0.338 e. The van der Waals surface area contributed by atoms with Crippen molar-refractivity contribution in [1.82, 2.24) is 0 Å². The number of phenols is 1. The van der Waals surface area contributed by atoms with Gasteiger partial charge in [0.05, 0.1) is 11.3 Å². The Labute approximate surface area is 156 Å². The van der Waals surface area contributed by atoms with Gasteiger partial charge in [0.2, 0.25) is 0 Å². The first-order chi connectivity index (χ1) is 13.1. The van der Waals surface area contributed by atoms with E-state index < -0.39 is 18.5 Å². The molecule has 0 aliphatic carbocycles. The average molecular weight is 363 g/mol. The molecule has 0 heterocycles. The zero-order valence-corrected chi connectivity index (χ0v) is 14.3. The van der Waals surface area contributed by atoms with Gasteiger partial charge >= 0.3 is 5.97 Å². The van der Waals surface area contributed by atoms with Crippen molar-refractivity contribution in [3.8, 4) is 17.2 Å². The fraction of sp³-hybridized carbons (Fsp3) is 0.0476. The van der Waals surface area contributed by atoms with Gasteiger partial charge in [-0.15, -0.1) is 0 Å². The Hall–Kier alpha value is -3.80. The first-order valence-corrected chi connectivity index (χ1v) is 8.20. The second kappa shape index (κ2) is 8.53. The third kappa shape index (κ3) is 5.09. The molecule has 2 N–H and O–H groups in total. The van der Waals surface area contributed by atoms with E-state index in [1.54, 1.807) is 36.4 Å². The van der Waals surface area contributed by atoms with Crippen LogP contribution in [0.2, 0.25) is 0 Å². The number of carbonyl (C=O) groups excluding carboxylic acids is 2. The molecule has 1 amide bonds. The standard InChI is InChI=1S/C21H17NO5/c23-16-8-6-7-15(13-16)21(25)26-14-20(24)22-18-11-4-5-12-19(18)27-17-9-2-1-3-10-17/h1-13,23H,14H2,(H,22,24). The van der Waals surface area contributed by atoms with Crippen molar-refractivity contribution < 1.29 is 24.2 Å². The van der Waals surface area contributed by atoms with Crippen molar-refractivity contribution >= 4 is 17.6 Å². The van der Waals surface area contributed by atoms with Crippen LogP contribution in [-0.4, -0.2) is 23.6 Å². The maximum atomic E-state index is 12.1. The van der Waals surface area contributed by atoms with Gasteiger partial charge in [-0.25, -0.2) is 4.79 Å². The summed E-state index contributed by atoms with van der Waals surface area (Å²) in [5, 5.41) is 12.0. The molecule has 3 rings (SSSR count). The molecule has 3 aromatic rings. The summed E-state index contributed by atoms with van der Waals surface area (Å²) in [4.78, 5) is 24.1. The lowest BCUT2D eigenvalue weighted by Crippen LogP contribution is -2.21. The van der Waals surface area contributed by atoms with Crippen molar-refractivity contribution in [2.75, 3.05) is 11.9 Å². The number of hydrogen-bond acceptors (Lipinski definition) is 5. The molecule has 6 heteroatoms. The molecule has 136 valence electrons. The van der Waals surface area contributed by atoms with Gasteiger partial charge in [0.1, 0.15) is 11.5 Å². The second-order valence-electron chi connectivity index (χ2n) is 5.59. The maximum Gasteiger partial charge on any atom is 0.338 e. The van der Waals surface area contributed by atoms with Crippen molar-refractivity contribution in [3.63, 3.8) is 0 Å². The van der Waals surface area contributed by atoms with E-state index in [1.807, 2.05) is 18.2 Å². The molecule has 0 saturated heterocycles. The highest BCUT2D eigenvalue weighted by atomic mass is 16.5. The van der Waals surface area contributed by atoms with Crippen LogP contribution in [0.15, 0.2) is 78.9 Å². The number of amides is 1. The van der Waals surface area contributed by atoms with Crippen LogP contribution < -0.4 is 10.1 Å². The lowest BCUT2D eigenvalue weighted by Gasteiger charge is -2.12. The fourth-order valence-electron chi connectivity index (χ4n) is 2.31. The summed E-state index contributed by atoms with van der Waals surface area (Å²) in [6, 6.07) is 21.8. The van der Waals surface area contributed by atoms with Crippen molar-refractivity contribution in [3.05, 3.63) is 84.4 Å². The lowest BCUT2D eigenvalue weighted by molar-refractivity contribution is -0.119. The predicted molar refractivity (Wildman–Crippen MR) is 100.0 cm³/mol. The first kappa shape index (κ1) is 18.0. The predicted octanol–water partition coefficient (Wildman–Crippen LogP) is 3.98. The minimum Gasteiger partial charge on any atom is -0.508 e. The van der Waals surface area contributed by atoms with E-state index in [0.29, 0.717) is 17.2 Å². The van der Waals surface area contributed by atoms with Crippen LogP contribution in [0.1, 0.15) is 10.4 Å². The Morgan fingerprint density at radius 3 is 2.41 bits per heavy atom. The highest BCUT2D eigenvalue weighted by molar-refractivity contribution is 5.96. The van der Waals surface area contributed by atoms with Crippen LogP contribution in [-0.2, 0) is 9.53 Å². The van der Waals surface area contributed by atoms with E-state index in [4.69, 9.17) is 9.47 Å². The number of anilines is 1. The molecule has 0 atom stereocenters. The van der Waals surface area contributed by atoms with Crippen LogP contribution in [0.5, 0.6) is 17.2 Å². The largest absolute Gasteiger partial charge is 0.508 e. The van der Waals surface area contributed by atoms with E-state index in [1.165, 1.54) is 24.3 Å². The molecule has 0 saturated carbocycles.